The Morgan fingerprint density at radius 2 is 2.10 bits per heavy atom. The summed E-state index contributed by atoms with van der Waals surface area (Å²) in [5.41, 5.74) is -1.62. The lowest BCUT2D eigenvalue weighted by atomic mass is 10.1. The van der Waals surface area contributed by atoms with Gasteiger partial charge in [-0.05, 0) is 30.3 Å². The molecule has 0 unspecified atom stereocenters. The predicted octanol–water partition coefficient (Wildman–Crippen LogP) is 3.07. The van der Waals surface area contributed by atoms with E-state index in [0.717, 1.165) is 0 Å². The lowest BCUT2D eigenvalue weighted by molar-refractivity contribution is -0.137. The van der Waals surface area contributed by atoms with Gasteiger partial charge in [0.2, 0.25) is 0 Å². The highest BCUT2D eigenvalue weighted by Gasteiger charge is 2.32. The molecule has 0 aliphatic rings. The Morgan fingerprint density at radius 3 is 2.71 bits per heavy atom. The molecule has 1 heterocycles. The van der Waals surface area contributed by atoms with Crippen LogP contribution >= 0.6 is 0 Å². The molecule has 0 saturated carbocycles. The summed E-state index contributed by atoms with van der Waals surface area (Å²) in [6.07, 6.45) is -4.65. The van der Waals surface area contributed by atoms with Gasteiger partial charge in [0.1, 0.15) is 5.82 Å². The van der Waals surface area contributed by atoms with Gasteiger partial charge in [0, 0.05) is 0 Å². The summed E-state index contributed by atoms with van der Waals surface area (Å²) < 4.78 is 60.5. The topological polar surface area (TPSA) is 65.2 Å². The van der Waals surface area contributed by atoms with E-state index >= 15 is 0 Å². The van der Waals surface area contributed by atoms with Crippen molar-refractivity contribution in [2.75, 3.05) is 6.61 Å². The van der Waals surface area contributed by atoms with E-state index < -0.39 is 40.8 Å². The highest BCUT2D eigenvalue weighted by Crippen LogP contribution is 2.33. The summed E-state index contributed by atoms with van der Waals surface area (Å²) >= 11 is 0. The van der Waals surface area contributed by atoms with E-state index in [0.29, 0.717) is 18.2 Å². The summed E-state index contributed by atoms with van der Waals surface area (Å²) in [5, 5.41) is 3.24. The third-order valence-electron chi connectivity index (χ3n) is 2.41. The minimum absolute atomic E-state index is 0.0562. The van der Waals surface area contributed by atoms with Crippen LogP contribution in [0.2, 0.25) is 0 Å². The minimum Gasteiger partial charge on any atom is -0.460 e. The number of hydrogen-bond acceptors (Lipinski definition) is 5. The third kappa shape index (κ3) is 3.18. The average Bonchev–Trinajstić information content (AvgIpc) is 2.87. The summed E-state index contributed by atoms with van der Waals surface area (Å²) in [5.74, 6) is -2.94. The van der Waals surface area contributed by atoms with E-state index in [9.17, 15) is 22.4 Å². The second-order valence-corrected chi connectivity index (χ2v) is 3.84. The molecule has 2 aromatic rings. The van der Waals surface area contributed by atoms with Crippen LogP contribution in [-0.2, 0) is 10.9 Å². The van der Waals surface area contributed by atoms with Crippen LogP contribution in [0.4, 0.5) is 17.6 Å². The van der Waals surface area contributed by atoms with E-state index in [1.165, 1.54) is 0 Å². The van der Waals surface area contributed by atoms with Gasteiger partial charge >= 0.3 is 12.1 Å². The SMILES string of the molecule is CCOC(=O)c1noc(-c2cc(C(F)(F)F)ccc2F)n1. The molecule has 5 nitrogen and oxygen atoms in total. The number of rotatable bonds is 3. The molecular formula is C12H8F4N2O3. The number of esters is 1. The Kier molecular flexibility index (Phi) is 3.92. The lowest BCUT2D eigenvalue weighted by Crippen LogP contribution is -2.07. The van der Waals surface area contributed by atoms with Crippen LogP contribution in [-0.4, -0.2) is 22.7 Å². The first-order valence-corrected chi connectivity index (χ1v) is 5.71. The van der Waals surface area contributed by atoms with E-state index in [1.54, 1.807) is 6.92 Å². The van der Waals surface area contributed by atoms with Crippen molar-refractivity contribution in [3.8, 4) is 11.5 Å². The van der Waals surface area contributed by atoms with Crippen LogP contribution in [0.1, 0.15) is 23.1 Å². The number of benzene rings is 1. The lowest BCUT2D eigenvalue weighted by Gasteiger charge is -2.07. The highest BCUT2D eigenvalue weighted by atomic mass is 19.4. The number of ether oxygens (including phenoxy) is 1. The van der Waals surface area contributed by atoms with Crippen molar-refractivity contribution in [2.45, 2.75) is 13.1 Å². The van der Waals surface area contributed by atoms with Crippen molar-refractivity contribution in [3.63, 3.8) is 0 Å². The standard InChI is InChI=1S/C12H8F4N2O3/c1-2-20-11(19)9-17-10(21-18-9)7-5-6(12(14,15)16)3-4-8(7)13/h3-5H,2H2,1H3. The second-order valence-electron chi connectivity index (χ2n) is 3.84. The van der Waals surface area contributed by atoms with Gasteiger partial charge in [-0.15, -0.1) is 0 Å². The molecule has 0 radical (unpaired) electrons. The van der Waals surface area contributed by atoms with Crippen LogP contribution in [0.3, 0.4) is 0 Å². The molecule has 1 aromatic heterocycles. The molecule has 112 valence electrons. The number of aromatic nitrogens is 2. The Morgan fingerprint density at radius 1 is 1.38 bits per heavy atom. The van der Waals surface area contributed by atoms with Gasteiger partial charge in [-0.3, -0.25) is 0 Å². The third-order valence-corrected chi connectivity index (χ3v) is 2.41. The van der Waals surface area contributed by atoms with Gasteiger partial charge in [-0.2, -0.15) is 18.2 Å². The largest absolute Gasteiger partial charge is 0.460 e. The van der Waals surface area contributed by atoms with Gasteiger partial charge in [0.25, 0.3) is 11.7 Å². The van der Waals surface area contributed by atoms with E-state index in [-0.39, 0.29) is 6.61 Å². The number of nitrogens with zero attached hydrogens (tertiary/aromatic N) is 2. The van der Waals surface area contributed by atoms with Crippen LogP contribution < -0.4 is 0 Å². The molecule has 0 spiro atoms. The van der Waals surface area contributed by atoms with E-state index in [2.05, 4.69) is 19.4 Å². The molecule has 0 atom stereocenters. The summed E-state index contributed by atoms with van der Waals surface area (Å²) in [6, 6.07) is 1.74. The van der Waals surface area contributed by atoms with Crippen molar-refractivity contribution < 1.29 is 31.6 Å². The van der Waals surface area contributed by atoms with Gasteiger partial charge in [-0.25, -0.2) is 9.18 Å². The first kappa shape index (κ1) is 14.9. The fourth-order valence-electron chi connectivity index (χ4n) is 1.48. The molecule has 0 amide bonds. The maximum absolute atomic E-state index is 13.6. The van der Waals surface area contributed by atoms with E-state index in [1.807, 2.05) is 0 Å². The van der Waals surface area contributed by atoms with Crippen LogP contribution in [0.5, 0.6) is 0 Å². The van der Waals surface area contributed by atoms with Crippen molar-refractivity contribution in [1.29, 1.82) is 0 Å². The highest BCUT2D eigenvalue weighted by molar-refractivity contribution is 5.85. The van der Waals surface area contributed by atoms with Gasteiger partial charge in [-0.1, -0.05) is 0 Å². The fourth-order valence-corrected chi connectivity index (χ4v) is 1.48. The van der Waals surface area contributed by atoms with E-state index in [4.69, 9.17) is 0 Å². The summed E-state index contributed by atoms with van der Waals surface area (Å²) in [4.78, 5) is 14.8. The fraction of sp³-hybridized carbons (Fsp3) is 0.250. The molecular weight excluding hydrogens is 296 g/mol. The Hall–Kier alpha value is -2.45. The smallest absolute Gasteiger partial charge is 0.416 e. The summed E-state index contributed by atoms with van der Waals surface area (Å²) in [6.45, 7) is 1.60. The zero-order valence-electron chi connectivity index (χ0n) is 10.6. The second kappa shape index (κ2) is 5.51. The maximum atomic E-state index is 13.6. The molecule has 0 N–H and O–H groups in total. The van der Waals surface area contributed by atoms with Crippen molar-refractivity contribution in [1.82, 2.24) is 10.1 Å². The first-order chi connectivity index (χ1) is 9.82. The van der Waals surface area contributed by atoms with Crippen LogP contribution in [0.25, 0.3) is 11.5 Å². The molecule has 0 bridgehead atoms. The minimum atomic E-state index is -4.65. The van der Waals surface area contributed by atoms with Gasteiger partial charge < -0.3 is 9.26 Å². The Balaban J connectivity index is 2.40. The first-order valence-electron chi connectivity index (χ1n) is 5.71. The van der Waals surface area contributed by atoms with Gasteiger partial charge in [0.15, 0.2) is 0 Å². The molecule has 0 fully saturated rings. The normalized spacial score (nSPS) is 11.5. The number of halogens is 4. The molecule has 9 heteroatoms. The number of hydrogen-bond donors (Lipinski definition) is 0. The molecule has 1 aromatic carbocycles. The number of carbonyl (C=O) groups is 1. The molecule has 2 rings (SSSR count). The summed E-state index contributed by atoms with van der Waals surface area (Å²) in [7, 11) is 0. The Labute approximate surface area is 115 Å². The quantitative estimate of drug-likeness (QED) is 0.644. The molecule has 0 aliphatic carbocycles. The van der Waals surface area contributed by atoms with Crippen molar-refractivity contribution >= 4 is 5.97 Å². The average molecular weight is 304 g/mol. The maximum Gasteiger partial charge on any atom is 0.416 e. The zero-order chi connectivity index (χ0) is 15.6. The van der Waals surface area contributed by atoms with Gasteiger partial charge in [0.05, 0.1) is 17.7 Å². The molecule has 0 aliphatic heterocycles. The number of carbonyl (C=O) groups excluding carboxylic acids is 1. The number of alkyl halides is 3. The molecule has 0 saturated heterocycles. The van der Waals surface area contributed by atoms with Crippen molar-refractivity contribution in [3.05, 3.63) is 35.4 Å². The predicted molar refractivity (Wildman–Crippen MR) is 60.7 cm³/mol. The Bertz CT molecular complexity index is 667. The molecule has 21 heavy (non-hydrogen) atoms. The monoisotopic (exact) mass is 304 g/mol. The van der Waals surface area contributed by atoms with Crippen LogP contribution in [0, 0.1) is 5.82 Å². The zero-order valence-corrected chi connectivity index (χ0v) is 10.6. The van der Waals surface area contributed by atoms with Crippen molar-refractivity contribution in [2.24, 2.45) is 0 Å². The van der Waals surface area contributed by atoms with Crippen LogP contribution in [0.15, 0.2) is 22.7 Å².